The normalized spacial score (nSPS) is 19.4. The second kappa shape index (κ2) is 4.60. The predicted octanol–water partition coefficient (Wildman–Crippen LogP) is 0.889. The molecule has 2 aromatic heterocycles. The van der Waals surface area contributed by atoms with Gasteiger partial charge in [-0.05, 0) is 19.3 Å². The van der Waals surface area contributed by atoms with Crippen molar-refractivity contribution in [2.75, 3.05) is 0 Å². The lowest BCUT2D eigenvalue weighted by atomic mass is 10.0. The SMILES string of the molecule is Cn1ncc2c(=O)n(CCC3CCCC3=O)cnc21. The highest BCUT2D eigenvalue weighted by Crippen LogP contribution is 2.24. The Bertz CT molecular complexity index is 685. The standard InChI is InChI=1S/C13H16N4O2/c1-16-12-10(7-15-16)13(19)17(8-14-12)6-5-9-3-2-4-11(9)18/h7-9H,2-6H2,1H3. The maximum absolute atomic E-state index is 12.2. The van der Waals surface area contributed by atoms with Crippen LogP contribution in [0.5, 0.6) is 0 Å². The smallest absolute Gasteiger partial charge is 0.264 e. The van der Waals surface area contributed by atoms with Gasteiger partial charge in [-0.25, -0.2) is 4.98 Å². The van der Waals surface area contributed by atoms with E-state index in [0.717, 1.165) is 19.3 Å². The minimum Gasteiger partial charge on any atom is -0.299 e. The van der Waals surface area contributed by atoms with E-state index in [1.807, 2.05) is 0 Å². The van der Waals surface area contributed by atoms with E-state index < -0.39 is 0 Å². The number of carbonyl (C=O) groups excluding carboxylic acids is 1. The van der Waals surface area contributed by atoms with Crippen LogP contribution in [-0.4, -0.2) is 25.1 Å². The lowest BCUT2D eigenvalue weighted by Crippen LogP contribution is -2.22. The number of hydrogen-bond donors (Lipinski definition) is 0. The number of Topliss-reactive ketones (excluding diaryl/α,β-unsaturated/α-hetero) is 1. The molecule has 1 saturated carbocycles. The second-order valence-electron chi connectivity index (χ2n) is 5.09. The minimum atomic E-state index is -0.0801. The van der Waals surface area contributed by atoms with E-state index in [4.69, 9.17) is 0 Å². The summed E-state index contributed by atoms with van der Waals surface area (Å²) in [6.45, 7) is 0.549. The Morgan fingerprint density at radius 2 is 2.26 bits per heavy atom. The van der Waals surface area contributed by atoms with Gasteiger partial charge in [0.15, 0.2) is 5.65 Å². The summed E-state index contributed by atoms with van der Waals surface area (Å²) >= 11 is 0. The minimum absolute atomic E-state index is 0.0801. The third-order valence-corrected chi connectivity index (χ3v) is 3.87. The lowest BCUT2D eigenvalue weighted by molar-refractivity contribution is -0.120. The van der Waals surface area contributed by atoms with Gasteiger partial charge in [-0.3, -0.25) is 18.8 Å². The number of fused-ring (bicyclic) bond motifs is 1. The molecule has 1 aliphatic rings. The summed E-state index contributed by atoms with van der Waals surface area (Å²) in [5, 5.41) is 4.56. The van der Waals surface area contributed by atoms with E-state index in [1.54, 1.807) is 28.8 Å². The van der Waals surface area contributed by atoms with Gasteiger partial charge in [0.25, 0.3) is 5.56 Å². The molecule has 0 saturated heterocycles. The second-order valence-corrected chi connectivity index (χ2v) is 5.09. The maximum Gasteiger partial charge on any atom is 0.264 e. The summed E-state index contributed by atoms with van der Waals surface area (Å²) in [6, 6.07) is 0. The van der Waals surface area contributed by atoms with Gasteiger partial charge in [0.2, 0.25) is 0 Å². The number of hydrogen-bond acceptors (Lipinski definition) is 4. The first kappa shape index (κ1) is 12.1. The van der Waals surface area contributed by atoms with Crippen LogP contribution in [0.3, 0.4) is 0 Å². The molecule has 1 aliphatic carbocycles. The Labute approximate surface area is 110 Å². The van der Waals surface area contributed by atoms with Crippen LogP contribution in [0.15, 0.2) is 17.3 Å². The van der Waals surface area contributed by atoms with Crippen molar-refractivity contribution in [1.29, 1.82) is 0 Å². The van der Waals surface area contributed by atoms with Crippen LogP contribution in [0.4, 0.5) is 0 Å². The summed E-state index contributed by atoms with van der Waals surface area (Å²) in [7, 11) is 1.76. The van der Waals surface area contributed by atoms with Gasteiger partial charge >= 0.3 is 0 Å². The Kier molecular flexibility index (Phi) is 2.93. The van der Waals surface area contributed by atoms with Crippen LogP contribution in [0.2, 0.25) is 0 Å². The number of nitrogens with zero attached hydrogens (tertiary/aromatic N) is 4. The predicted molar refractivity (Wildman–Crippen MR) is 69.7 cm³/mol. The number of rotatable bonds is 3. The van der Waals surface area contributed by atoms with Crippen LogP contribution in [-0.2, 0) is 18.4 Å². The molecule has 1 unspecified atom stereocenters. The molecule has 0 amide bonds. The molecule has 100 valence electrons. The van der Waals surface area contributed by atoms with Crippen molar-refractivity contribution >= 4 is 16.8 Å². The van der Waals surface area contributed by atoms with E-state index in [-0.39, 0.29) is 11.5 Å². The number of aromatic nitrogens is 4. The lowest BCUT2D eigenvalue weighted by Gasteiger charge is -2.09. The van der Waals surface area contributed by atoms with Crippen molar-refractivity contribution in [3.63, 3.8) is 0 Å². The van der Waals surface area contributed by atoms with Crippen molar-refractivity contribution in [2.45, 2.75) is 32.2 Å². The Morgan fingerprint density at radius 3 is 3.00 bits per heavy atom. The molecule has 2 heterocycles. The van der Waals surface area contributed by atoms with Crippen LogP contribution >= 0.6 is 0 Å². The van der Waals surface area contributed by atoms with E-state index in [2.05, 4.69) is 10.1 Å². The molecular formula is C13H16N4O2. The van der Waals surface area contributed by atoms with Crippen LogP contribution in [0.25, 0.3) is 11.0 Å². The van der Waals surface area contributed by atoms with Crippen LogP contribution < -0.4 is 5.56 Å². The average molecular weight is 260 g/mol. The molecule has 3 rings (SSSR count). The molecule has 19 heavy (non-hydrogen) atoms. The van der Waals surface area contributed by atoms with Gasteiger partial charge in [0.05, 0.1) is 12.5 Å². The Morgan fingerprint density at radius 1 is 1.42 bits per heavy atom. The highest BCUT2D eigenvalue weighted by atomic mass is 16.1. The van der Waals surface area contributed by atoms with Crippen molar-refractivity contribution in [3.05, 3.63) is 22.9 Å². The van der Waals surface area contributed by atoms with Gasteiger partial charge < -0.3 is 0 Å². The number of ketones is 1. The molecule has 0 aromatic carbocycles. The largest absolute Gasteiger partial charge is 0.299 e. The fourth-order valence-corrected chi connectivity index (χ4v) is 2.71. The van der Waals surface area contributed by atoms with Gasteiger partial charge in [0.1, 0.15) is 11.2 Å². The summed E-state index contributed by atoms with van der Waals surface area (Å²) in [6.07, 6.45) is 6.45. The first-order valence-corrected chi connectivity index (χ1v) is 6.56. The molecule has 1 atom stereocenters. The Hall–Kier alpha value is -1.98. The zero-order valence-electron chi connectivity index (χ0n) is 10.9. The molecule has 0 radical (unpaired) electrons. The van der Waals surface area contributed by atoms with Crippen molar-refractivity contribution < 1.29 is 4.79 Å². The number of aryl methyl sites for hydroxylation is 2. The molecule has 0 spiro atoms. The van der Waals surface area contributed by atoms with Crippen molar-refractivity contribution in [2.24, 2.45) is 13.0 Å². The zero-order valence-corrected chi connectivity index (χ0v) is 10.9. The molecule has 2 aromatic rings. The summed E-state index contributed by atoms with van der Waals surface area (Å²) in [4.78, 5) is 28.0. The summed E-state index contributed by atoms with van der Waals surface area (Å²) in [5.41, 5.74) is 0.515. The summed E-state index contributed by atoms with van der Waals surface area (Å²) < 4.78 is 3.16. The zero-order chi connectivity index (χ0) is 13.4. The molecular weight excluding hydrogens is 244 g/mol. The average Bonchev–Trinajstić information content (AvgIpc) is 2.96. The van der Waals surface area contributed by atoms with Crippen molar-refractivity contribution in [1.82, 2.24) is 19.3 Å². The van der Waals surface area contributed by atoms with Crippen LogP contribution in [0.1, 0.15) is 25.7 Å². The van der Waals surface area contributed by atoms with Gasteiger partial charge in [0, 0.05) is 25.9 Å². The fourth-order valence-electron chi connectivity index (χ4n) is 2.71. The first-order chi connectivity index (χ1) is 9.16. The monoisotopic (exact) mass is 260 g/mol. The van der Waals surface area contributed by atoms with Crippen LogP contribution in [0, 0.1) is 5.92 Å². The molecule has 0 bridgehead atoms. The van der Waals surface area contributed by atoms with E-state index in [9.17, 15) is 9.59 Å². The third-order valence-electron chi connectivity index (χ3n) is 3.87. The topological polar surface area (TPSA) is 69.8 Å². The van der Waals surface area contributed by atoms with Gasteiger partial charge in [-0.2, -0.15) is 5.10 Å². The highest BCUT2D eigenvalue weighted by molar-refractivity contribution is 5.82. The maximum atomic E-state index is 12.2. The molecule has 0 aliphatic heterocycles. The molecule has 6 nitrogen and oxygen atoms in total. The molecule has 6 heteroatoms. The van der Waals surface area contributed by atoms with Gasteiger partial charge in [-0.1, -0.05) is 0 Å². The highest BCUT2D eigenvalue weighted by Gasteiger charge is 2.24. The van der Waals surface area contributed by atoms with Crippen molar-refractivity contribution in [3.8, 4) is 0 Å². The molecule has 0 N–H and O–H groups in total. The van der Waals surface area contributed by atoms with E-state index in [1.165, 1.54) is 0 Å². The first-order valence-electron chi connectivity index (χ1n) is 6.56. The van der Waals surface area contributed by atoms with E-state index in [0.29, 0.717) is 29.8 Å². The van der Waals surface area contributed by atoms with E-state index >= 15 is 0 Å². The molecule has 1 fully saturated rings. The number of carbonyl (C=O) groups is 1. The quantitative estimate of drug-likeness (QED) is 0.821. The van der Waals surface area contributed by atoms with Gasteiger partial charge in [-0.15, -0.1) is 0 Å². The third kappa shape index (κ3) is 2.07. The fraction of sp³-hybridized carbons (Fsp3) is 0.538. The summed E-state index contributed by atoms with van der Waals surface area (Å²) in [5.74, 6) is 0.458. The Balaban J connectivity index is 1.83.